The summed E-state index contributed by atoms with van der Waals surface area (Å²) in [7, 11) is 1.49. The minimum atomic E-state index is -0.877. The summed E-state index contributed by atoms with van der Waals surface area (Å²) in [6.45, 7) is 2.07. The van der Waals surface area contributed by atoms with Crippen molar-refractivity contribution in [1.82, 2.24) is 20.0 Å². The average Bonchev–Trinajstić information content (AvgIpc) is 3.48. The number of aryl methyl sites for hydroxylation is 1. The first-order valence-corrected chi connectivity index (χ1v) is 11.0. The molecule has 0 spiro atoms. The number of carbonyl (C=O) groups excluding carboxylic acids is 1. The Morgan fingerprint density at radius 1 is 1.31 bits per heavy atom. The van der Waals surface area contributed by atoms with Gasteiger partial charge >= 0.3 is 5.63 Å². The number of nitrogens with two attached hydrogens (primary N) is 1. The van der Waals surface area contributed by atoms with Crippen LogP contribution in [-0.4, -0.2) is 46.2 Å². The summed E-state index contributed by atoms with van der Waals surface area (Å²) in [6, 6.07) is 10.2. The van der Waals surface area contributed by atoms with Crippen molar-refractivity contribution in [2.75, 3.05) is 31.4 Å². The third kappa shape index (κ3) is 4.88. The zero-order valence-corrected chi connectivity index (χ0v) is 19.5. The number of aromatic nitrogens is 4. The first-order chi connectivity index (χ1) is 16.9. The number of hydrogen-bond donors (Lipinski definition) is 2. The van der Waals surface area contributed by atoms with Gasteiger partial charge in [0.2, 0.25) is 16.0 Å². The molecular weight excluding hydrogens is 474 g/mol. The van der Waals surface area contributed by atoms with Crippen LogP contribution in [0.15, 0.2) is 45.7 Å². The summed E-state index contributed by atoms with van der Waals surface area (Å²) < 4.78 is 17.2. The van der Waals surface area contributed by atoms with E-state index in [1.54, 1.807) is 31.2 Å². The summed E-state index contributed by atoms with van der Waals surface area (Å²) in [5, 5.41) is 24.6. The zero-order chi connectivity index (χ0) is 24.9. The van der Waals surface area contributed by atoms with E-state index < -0.39 is 11.5 Å². The first-order valence-electron chi connectivity index (χ1n) is 10.2. The molecule has 4 rings (SSSR count). The molecule has 178 valence electrons. The zero-order valence-electron chi connectivity index (χ0n) is 18.6. The standard InChI is InChI=1S/C22H19N7O5S/c1-12-4-3-5-13(11-23)17(12)14-10-15(34-20(31)18(14)33-9-8-32-2)19(30)26-21-27-28-22(35-21)29-16(24)6-7-25-29/h3-7,10H,8-9,24H2,1-2H3,(H,26,27,30). The number of nitrogens with one attached hydrogen (secondary N) is 1. The van der Waals surface area contributed by atoms with Crippen molar-refractivity contribution in [2.24, 2.45) is 0 Å². The Morgan fingerprint density at radius 2 is 2.14 bits per heavy atom. The van der Waals surface area contributed by atoms with Gasteiger partial charge in [0.25, 0.3) is 5.91 Å². The van der Waals surface area contributed by atoms with E-state index in [4.69, 9.17) is 19.6 Å². The molecule has 0 radical (unpaired) electrons. The van der Waals surface area contributed by atoms with E-state index >= 15 is 0 Å². The molecule has 1 amide bonds. The third-order valence-corrected chi connectivity index (χ3v) is 5.63. The number of anilines is 2. The maximum atomic E-state index is 12.9. The highest BCUT2D eigenvalue weighted by Crippen LogP contribution is 2.34. The summed E-state index contributed by atoms with van der Waals surface area (Å²) in [4.78, 5) is 25.8. The van der Waals surface area contributed by atoms with Gasteiger partial charge in [-0.2, -0.15) is 15.0 Å². The van der Waals surface area contributed by atoms with Crippen molar-refractivity contribution < 1.29 is 18.7 Å². The molecule has 12 nitrogen and oxygen atoms in total. The lowest BCUT2D eigenvalue weighted by molar-refractivity contribution is 0.0990. The molecule has 3 aromatic heterocycles. The molecule has 4 aromatic rings. The minimum Gasteiger partial charge on any atom is -0.484 e. The van der Waals surface area contributed by atoms with Gasteiger partial charge in [-0.15, -0.1) is 10.2 Å². The lowest BCUT2D eigenvalue weighted by atomic mass is 9.95. The molecule has 3 heterocycles. The van der Waals surface area contributed by atoms with Gasteiger partial charge in [-0.05, 0) is 24.6 Å². The third-order valence-electron chi connectivity index (χ3n) is 4.82. The lowest BCUT2D eigenvalue weighted by Gasteiger charge is -2.14. The Hall–Kier alpha value is -4.54. The molecular formula is C22H19N7O5S. The first kappa shape index (κ1) is 23.6. The number of nitriles is 1. The monoisotopic (exact) mass is 493 g/mol. The van der Waals surface area contributed by atoms with E-state index in [0.29, 0.717) is 27.6 Å². The molecule has 13 heteroatoms. The fraction of sp³-hybridized carbons (Fsp3) is 0.182. The molecule has 0 aliphatic rings. The fourth-order valence-electron chi connectivity index (χ4n) is 3.25. The largest absolute Gasteiger partial charge is 0.484 e. The lowest BCUT2D eigenvalue weighted by Crippen LogP contribution is -2.18. The Morgan fingerprint density at radius 3 is 2.86 bits per heavy atom. The van der Waals surface area contributed by atoms with E-state index in [1.165, 1.54) is 24.1 Å². The number of ether oxygens (including phenoxy) is 2. The van der Waals surface area contributed by atoms with Gasteiger partial charge in [-0.1, -0.05) is 23.5 Å². The van der Waals surface area contributed by atoms with Gasteiger partial charge in [0.1, 0.15) is 12.4 Å². The van der Waals surface area contributed by atoms with Gasteiger partial charge in [0.15, 0.2) is 5.76 Å². The Labute approximate surface area is 202 Å². The molecule has 1 aromatic carbocycles. The SMILES string of the molecule is COCCOc1c(-c2c(C)cccc2C#N)cc(C(=O)Nc2nnc(-n3nccc3N)s2)oc1=O. The van der Waals surface area contributed by atoms with Crippen LogP contribution in [0.4, 0.5) is 10.9 Å². The van der Waals surface area contributed by atoms with E-state index in [2.05, 4.69) is 26.7 Å². The van der Waals surface area contributed by atoms with Crippen molar-refractivity contribution in [2.45, 2.75) is 6.92 Å². The second-order valence-electron chi connectivity index (χ2n) is 7.10. The number of methoxy groups -OCH3 is 1. The van der Waals surface area contributed by atoms with Crippen LogP contribution in [0.2, 0.25) is 0 Å². The van der Waals surface area contributed by atoms with E-state index in [1.807, 2.05) is 0 Å². The maximum absolute atomic E-state index is 12.9. The van der Waals surface area contributed by atoms with Crippen molar-refractivity contribution >= 4 is 28.2 Å². The van der Waals surface area contributed by atoms with Crippen molar-refractivity contribution in [3.8, 4) is 28.1 Å². The van der Waals surface area contributed by atoms with Crippen LogP contribution in [0.25, 0.3) is 16.3 Å². The second kappa shape index (κ2) is 10.2. The quantitative estimate of drug-likeness (QED) is 0.347. The molecule has 0 saturated carbocycles. The number of carbonyl (C=O) groups is 1. The smallest absolute Gasteiger partial charge is 0.379 e. The predicted octanol–water partition coefficient (Wildman–Crippen LogP) is 2.38. The van der Waals surface area contributed by atoms with E-state index in [-0.39, 0.29) is 35.4 Å². The molecule has 35 heavy (non-hydrogen) atoms. The van der Waals surface area contributed by atoms with E-state index in [0.717, 1.165) is 11.3 Å². The predicted molar refractivity (Wildman–Crippen MR) is 127 cm³/mol. The van der Waals surface area contributed by atoms with Gasteiger partial charge in [0.05, 0.1) is 24.4 Å². The summed E-state index contributed by atoms with van der Waals surface area (Å²) in [5.74, 6) is -0.816. The van der Waals surface area contributed by atoms with Crippen LogP contribution >= 0.6 is 11.3 Å². The number of rotatable bonds is 8. The number of nitrogen functional groups attached to an aromatic ring is 1. The molecule has 0 unspecified atom stereocenters. The Kier molecular flexibility index (Phi) is 6.86. The van der Waals surface area contributed by atoms with Gasteiger partial charge in [0, 0.05) is 24.3 Å². The summed E-state index contributed by atoms with van der Waals surface area (Å²) >= 11 is 1.02. The number of nitrogens with zero attached hydrogens (tertiary/aromatic N) is 5. The van der Waals surface area contributed by atoms with Crippen LogP contribution in [-0.2, 0) is 4.74 Å². The normalized spacial score (nSPS) is 10.7. The molecule has 0 fully saturated rings. The van der Waals surface area contributed by atoms with Crippen LogP contribution in [0.1, 0.15) is 21.7 Å². The molecule has 3 N–H and O–H groups in total. The molecule has 0 aliphatic carbocycles. The van der Waals surface area contributed by atoms with Gasteiger partial charge in [-0.3, -0.25) is 10.1 Å². The second-order valence-corrected chi connectivity index (χ2v) is 8.06. The highest BCUT2D eigenvalue weighted by atomic mass is 32.1. The van der Waals surface area contributed by atoms with Crippen LogP contribution in [0.5, 0.6) is 5.75 Å². The van der Waals surface area contributed by atoms with Crippen molar-refractivity contribution in [3.05, 3.63) is 63.8 Å². The molecule has 0 saturated heterocycles. The highest BCUT2D eigenvalue weighted by molar-refractivity contribution is 7.17. The molecule has 0 atom stereocenters. The molecule has 0 bridgehead atoms. The van der Waals surface area contributed by atoms with Crippen LogP contribution < -0.4 is 21.4 Å². The number of amides is 1. The topological polar surface area (TPSA) is 171 Å². The fourth-order valence-corrected chi connectivity index (χ4v) is 3.96. The Bertz CT molecular complexity index is 1480. The number of benzene rings is 1. The highest BCUT2D eigenvalue weighted by Gasteiger charge is 2.23. The van der Waals surface area contributed by atoms with E-state index in [9.17, 15) is 14.9 Å². The van der Waals surface area contributed by atoms with Crippen LogP contribution in [0.3, 0.4) is 0 Å². The molecule has 0 aliphatic heterocycles. The summed E-state index contributed by atoms with van der Waals surface area (Å²) in [6.07, 6.45) is 1.50. The Balaban J connectivity index is 1.72. The maximum Gasteiger partial charge on any atom is 0.379 e. The summed E-state index contributed by atoms with van der Waals surface area (Å²) in [5.41, 5.74) is 6.66. The number of hydrogen-bond acceptors (Lipinski definition) is 11. The van der Waals surface area contributed by atoms with Crippen molar-refractivity contribution in [3.63, 3.8) is 0 Å². The average molecular weight is 494 g/mol. The van der Waals surface area contributed by atoms with Gasteiger partial charge < -0.3 is 19.6 Å². The van der Waals surface area contributed by atoms with Crippen LogP contribution in [0, 0.1) is 18.3 Å². The minimum absolute atomic E-state index is 0.0672. The van der Waals surface area contributed by atoms with Gasteiger partial charge in [-0.25, -0.2) is 4.79 Å². The van der Waals surface area contributed by atoms with Crippen molar-refractivity contribution in [1.29, 1.82) is 5.26 Å².